The van der Waals surface area contributed by atoms with Crippen molar-refractivity contribution in [2.75, 3.05) is 0 Å². The number of aromatic amines is 2. The van der Waals surface area contributed by atoms with E-state index in [-0.39, 0.29) is 17.6 Å². The molecule has 0 aliphatic carbocycles. The van der Waals surface area contributed by atoms with E-state index in [2.05, 4.69) is 9.97 Å². The van der Waals surface area contributed by atoms with Gasteiger partial charge >= 0.3 is 5.69 Å². The number of imidazole rings is 1. The van der Waals surface area contributed by atoms with Crippen LogP contribution in [-0.2, 0) is 0 Å². The van der Waals surface area contributed by atoms with Crippen molar-refractivity contribution in [2.24, 2.45) is 0 Å². The molecule has 21 heavy (non-hydrogen) atoms. The Morgan fingerprint density at radius 1 is 1.10 bits per heavy atom. The van der Waals surface area contributed by atoms with Crippen LogP contribution in [0, 0.1) is 5.82 Å². The van der Waals surface area contributed by atoms with Crippen molar-refractivity contribution in [1.29, 1.82) is 0 Å². The van der Waals surface area contributed by atoms with Crippen LogP contribution in [-0.4, -0.2) is 16.1 Å². The molecule has 0 unspecified atom stereocenters. The Morgan fingerprint density at radius 3 is 2.62 bits per heavy atom. The lowest BCUT2D eigenvalue weighted by Crippen LogP contribution is -2.07. The zero-order chi connectivity index (χ0) is 15.0. The number of benzene rings is 2. The third-order valence-electron chi connectivity index (χ3n) is 3.14. The molecule has 0 amide bonds. The van der Waals surface area contributed by atoms with E-state index in [9.17, 15) is 9.18 Å². The first-order valence-electron chi connectivity index (χ1n) is 6.72. The fourth-order valence-electron chi connectivity index (χ4n) is 2.32. The summed E-state index contributed by atoms with van der Waals surface area (Å²) in [7, 11) is 0. The van der Waals surface area contributed by atoms with Crippen LogP contribution < -0.4 is 10.4 Å². The summed E-state index contributed by atoms with van der Waals surface area (Å²) >= 11 is 0. The van der Waals surface area contributed by atoms with E-state index >= 15 is 0 Å². The highest BCUT2D eigenvalue weighted by Gasteiger charge is 2.14. The fraction of sp³-hybridized carbons (Fsp3) is 0.188. The van der Waals surface area contributed by atoms with Crippen molar-refractivity contribution >= 4 is 11.0 Å². The fourth-order valence-corrected chi connectivity index (χ4v) is 2.32. The monoisotopic (exact) mass is 286 g/mol. The van der Waals surface area contributed by atoms with Gasteiger partial charge in [-0.25, -0.2) is 9.18 Å². The average Bonchev–Trinajstić information content (AvgIpc) is 2.77. The van der Waals surface area contributed by atoms with E-state index in [1.807, 2.05) is 13.8 Å². The summed E-state index contributed by atoms with van der Waals surface area (Å²) in [5.41, 5.74) is 2.10. The van der Waals surface area contributed by atoms with Gasteiger partial charge in [-0.2, -0.15) is 0 Å². The standard InChI is InChI=1S/C16H15FN2O2/c1-9(2)21-14-5-3-4-11(17)15(14)10-6-7-12-13(8-10)19-16(20)18-12/h3-9H,1-2H3,(H2,18,19,20). The molecule has 1 aromatic heterocycles. The van der Waals surface area contributed by atoms with E-state index in [1.54, 1.807) is 30.3 Å². The molecule has 5 heteroatoms. The minimum Gasteiger partial charge on any atom is -0.490 e. The zero-order valence-corrected chi connectivity index (χ0v) is 11.7. The Morgan fingerprint density at radius 2 is 1.86 bits per heavy atom. The molecule has 0 saturated carbocycles. The van der Waals surface area contributed by atoms with Gasteiger partial charge in [0, 0.05) is 0 Å². The molecule has 0 bridgehead atoms. The minimum absolute atomic E-state index is 0.0543. The molecule has 108 valence electrons. The summed E-state index contributed by atoms with van der Waals surface area (Å²) in [5, 5.41) is 0. The second kappa shape index (κ2) is 5.09. The van der Waals surface area contributed by atoms with E-state index in [1.165, 1.54) is 6.07 Å². The molecule has 0 aliphatic heterocycles. The number of hydrogen-bond donors (Lipinski definition) is 2. The quantitative estimate of drug-likeness (QED) is 0.774. The SMILES string of the molecule is CC(C)Oc1cccc(F)c1-c1ccc2[nH]c(=O)[nH]c2c1. The number of ether oxygens (including phenoxy) is 1. The van der Waals surface area contributed by atoms with Gasteiger partial charge in [0.05, 0.1) is 22.7 Å². The molecule has 0 radical (unpaired) electrons. The highest BCUT2D eigenvalue weighted by Crippen LogP contribution is 2.34. The number of halogens is 1. The van der Waals surface area contributed by atoms with Crippen molar-refractivity contribution in [3.8, 4) is 16.9 Å². The van der Waals surface area contributed by atoms with Crippen molar-refractivity contribution in [1.82, 2.24) is 9.97 Å². The highest BCUT2D eigenvalue weighted by molar-refractivity contribution is 5.83. The normalized spacial score (nSPS) is 11.2. The molecule has 0 atom stereocenters. The predicted octanol–water partition coefficient (Wildman–Crippen LogP) is 3.45. The summed E-state index contributed by atoms with van der Waals surface area (Å²) in [5.74, 6) is 0.132. The Balaban J connectivity index is 2.18. The third kappa shape index (κ3) is 2.54. The topological polar surface area (TPSA) is 57.9 Å². The van der Waals surface area contributed by atoms with Crippen molar-refractivity contribution in [3.63, 3.8) is 0 Å². The van der Waals surface area contributed by atoms with Crippen molar-refractivity contribution < 1.29 is 9.13 Å². The summed E-state index contributed by atoms with van der Waals surface area (Å²) in [6.45, 7) is 3.78. The first-order valence-corrected chi connectivity index (χ1v) is 6.72. The molecule has 4 nitrogen and oxygen atoms in total. The molecule has 0 spiro atoms. The van der Waals surface area contributed by atoms with Gasteiger partial charge in [-0.1, -0.05) is 12.1 Å². The molecule has 0 fully saturated rings. The second-order valence-electron chi connectivity index (χ2n) is 5.12. The molecule has 3 rings (SSSR count). The molecular weight excluding hydrogens is 271 g/mol. The number of rotatable bonds is 3. The first-order chi connectivity index (χ1) is 10.0. The van der Waals surface area contributed by atoms with Crippen molar-refractivity contribution in [3.05, 3.63) is 52.7 Å². The van der Waals surface area contributed by atoms with Gasteiger partial charge in [0.15, 0.2) is 0 Å². The van der Waals surface area contributed by atoms with Gasteiger partial charge in [0.1, 0.15) is 11.6 Å². The van der Waals surface area contributed by atoms with E-state index < -0.39 is 0 Å². The van der Waals surface area contributed by atoms with E-state index in [0.717, 1.165) is 0 Å². The highest BCUT2D eigenvalue weighted by atomic mass is 19.1. The lowest BCUT2D eigenvalue weighted by atomic mass is 10.0. The molecule has 2 N–H and O–H groups in total. The lowest BCUT2D eigenvalue weighted by molar-refractivity contribution is 0.242. The van der Waals surface area contributed by atoms with Crippen LogP contribution in [0.3, 0.4) is 0 Å². The molecular formula is C16H15FN2O2. The van der Waals surface area contributed by atoms with Crippen LogP contribution >= 0.6 is 0 Å². The molecule has 3 aromatic rings. The first kappa shape index (κ1) is 13.4. The molecule has 1 heterocycles. The maximum Gasteiger partial charge on any atom is 0.323 e. The number of fused-ring (bicyclic) bond motifs is 1. The van der Waals surface area contributed by atoms with Crippen LogP contribution in [0.2, 0.25) is 0 Å². The van der Waals surface area contributed by atoms with Crippen LogP contribution in [0.25, 0.3) is 22.2 Å². The van der Waals surface area contributed by atoms with Crippen LogP contribution in [0.4, 0.5) is 4.39 Å². The lowest BCUT2D eigenvalue weighted by Gasteiger charge is -2.15. The summed E-state index contributed by atoms with van der Waals surface area (Å²) in [6.07, 6.45) is -0.0543. The van der Waals surface area contributed by atoms with Crippen LogP contribution in [0.5, 0.6) is 5.75 Å². The van der Waals surface area contributed by atoms with E-state index in [0.29, 0.717) is 27.9 Å². The summed E-state index contributed by atoms with van der Waals surface area (Å²) in [6, 6.07) is 9.99. The number of hydrogen-bond acceptors (Lipinski definition) is 2. The Labute approximate surface area is 120 Å². The number of aromatic nitrogens is 2. The molecule has 0 saturated heterocycles. The van der Waals surface area contributed by atoms with Gasteiger partial charge in [0.2, 0.25) is 0 Å². The smallest absolute Gasteiger partial charge is 0.323 e. The Bertz CT molecular complexity index is 849. The third-order valence-corrected chi connectivity index (χ3v) is 3.14. The van der Waals surface area contributed by atoms with Gasteiger partial charge in [-0.15, -0.1) is 0 Å². The van der Waals surface area contributed by atoms with Crippen molar-refractivity contribution in [2.45, 2.75) is 20.0 Å². The van der Waals surface area contributed by atoms with Crippen LogP contribution in [0.15, 0.2) is 41.2 Å². The molecule has 0 aliphatic rings. The Kier molecular flexibility index (Phi) is 3.25. The van der Waals surface area contributed by atoms with Gasteiger partial charge in [-0.05, 0) is 43.7 Å². The zero-order valence-electron chi connectivity index (χ0n) is 11.7. The summed E-state index contributed by atoms with van der Waals surface area (Å²) in [4.78, 5) is 16.6. The number of H-pyrrole nitrogens is 2. The Hall–Kier alpha value is -2.56. The largest absolute Gasteiger partial charge is 0.490 e. The maximum absolute atomic E-state index is 14.2. The summed E-state index contributed by atoms with van der Waals surface area (Å²) < 4.78 is 19.9. The molecule has 2 aromatic carbocycles. The maximum atomic E-state index is 14.2. The second-order valence-corrected chi connectivity index (χ2v) is 5.12. The predicted molar refractivity (Wildman–Crippen MR) is 80.1 cm³/mol. The van der Waals surface area contributed by atoms with Gasteiger partial charge in [0.25, 0.3) is 0 Å². The average molecular weight is 286 g/mol. The minimum atomic E-state index is -0.356. The number of nitrogens with one attached hydrogen (secondary N) is 2. The van der Waals surface area contributed by atoms with Gasteiger partial charge < -0.3 is 14.7 Å². The van der Waals surface area contributed by atoms with E-state index in [4.69, 9.17) is 4.74 Å². The van der Waals surface area contributed by atoms with Gasteiger partial charge in [-0.3, -0.25) is 0 Å². The van der Waals surface area contributed by atoms with Crippen LogP contribution in [0.1, 0.15) is 13.8 Å².